The van der Waals surface area contributed by atoms with Crippen LogP contribution in [0.5, 0.6) is 0 Å². The van der Waals surface area contributed by atoms with E-state index in [9.17, 15) is 13.2 Å². The van der Waals surface area contributed by atoms with Crippen LogP contribution >= 0.6 is 0 Å². The van der Waals surface area contributed by atoms with Gasteiger partial charge in [-0.15, -0.1) is 0 Å². The maximum atomic E-state index is 12.3. The normalized spacial score (nSPS) is 16.6. The predicted octanol–water partition coefficient (Wildman–Crippen LogP) is -0.0149. The van der Waals surface area contributed by atoms with Crippen molar-refractivity contribution in [2.24, 2.45) is 0 Å². The zero-order valence-corrected chi connectivity index (χ0v) is 13.4. The molecule has 0 amide bonds. The number of carbonyl (C=O) groups excluding carboxylic acids is 1. The number of morpholine rings is 1. The average molecular weight is 332 g/mol. The Morgan fingerprint density at radius 3 is 2.73 bits per heavy atom. The summed E-state index contributed by atoms with van der Waals surface area (Å²) in [6.07, 6.45) is 0. The number of nitrogens with zero attached hydrogens (tertiary/aromatic N) is 1. The van der Waals surface area contributed by atoms with Gasteiger partial charge in [-0.3, -0.25) is 4.90 Å². The predicted molar refractivity (Wildman–Crippen MR) is 77.2 cm³/mol. The molecular weight excluding hydrogens is 312 g/mol. The molecule has 1 aromatic rings. The summed E-state index contributed by atoms with van der Waals surface area (Å²) in [6.45, 7) is 5.27. The molecule has 9 heteroatoms. The Hall–Kier alpha value is -1.42. The molecule has 124 valence electrons. The first-order valence-electron chi connectivity index (χ1n) is 6.92. The summed E-state index contributed by atoms with van der Waals surface area (Å²) in [5.74, 6) is -0.689. The molecule has 8 nitrogen and oxygen atoms in total. The van der Waals surface area contributed by atoms with Crippen LogP contribution in [0.3, 0.4) is 0 Å². The Kier molecular flexibility index (Phi) is 5.57. The van der Waals surface area contributed by atoms with Crippen LogP contribution in [0.25, 0.3) is 0 Å². The SMILES string of the molecule is COC(=O)c1cc(S(=O)(=O)NCCN2CCOCC2)c(C)o1. The molecule has 0 aliphatic carbocycles. The molecule has 1 saturated heterocycles. The van der Waals surface area contributed by atoms with Crippen molar-refractivity contribution in [3.05, 3.63) is 17.6 Å². The fourth-order valence-corrected chi connectivity index (χ4v) is 3.37. The molecule has 22 heavy (non-hydrogen) atoms. The van der Waals surface area contributed by atoms with Gasteiger partial charge in [0, 0.05) is 32.2 Å². The highest BCUT2D eigenvalue weighted by molar-refractivity contribution is 7.89. The molecule has 2 heterocycles. The monoisotopic (exact) mass is 332 g/mol. The van der Waals surface area contributed by atoms with E-state index in [2.05, 4.69) is 14.4 Å². The van der Waals surface area contributed by atoms with E-state index in [-0.39, 0.29) is 23.0 Å². The lowest BCUT2D eigenvalue weighted by atomic mass is 10.4. The van der Waals surface area contributed by atoms with Gasteiger partial charge in [-0.25, -0.2) is 17.9 Å². The highest BCUT2D eigenvalue weighted by Crippen LogP contribution is 2.20. The lowest BCUT2D eigenvalue weighted by Crippen LogP contribution is -2.41. The first kappa shape index (κ1) is 16.9. The molecule has 0 radical (unpaired) electrons. The van der Waals surface area contributed by atoms with Crippen LogP contribution in [0.1, 0.15) is 16.3 Å². The summed E-state index contributed by atoms with van der Waals surface area (Å²) >= 11 is 0. The molecule has 0 atom stereocenters. The minimum atomic E-state index is -3.72. The van der Waals surface area contributed by atoms with Gasteiger partial charge < -0.3 is 13.9 Å². The zero-order chi connectivity index (χ0) is 16.2. The number of sulfonamides is 1. The van der Waals surface area contributed by atoms with Crippen LogP contribution < -0.4 is 4.72 Å². The average Bonchev–Trinajstić information content (AvgIpc) is 2.90. The highest BCUT2D eigenvalue weighted by atomic mass is 32.2. The van der Waals surface area contributed by atoms with E-state index < -0.39 is 16.0 Å². The van der Waals surface area contributed by atoms with E-state index >= 15 is 0 Å². The van der Waals surface area contributed by atoms with E-state index in [1.165, 1.54) is 20.1 Å². The molecule has 0 saturated carbocycles. The number of nitrogens with one attached hydrogen (secondary N) is 1. The van der Waals surface area contributed by atoms with Gasteiger partial charge in [0.2, 0.25) is 15.8 Å². The molecule has 1 aliphatic rings. The van der Waals surface area contributed by atoms with Crippen LogP contribution in [0, 0.1) is 6.92 Å². The Morgan fingerprint density at radius 1 is 1.41 bits per heavy atom. The Morgan fingerprint density at radius 2 is 2.09 bits per heavy atom. The topological polar surface area (TPSA) is 98.1 Å². The summed E-state index contributed by atoms with van der Waals surface area (Å²) in [5, 5.41) is 0. The fraction of sp³-hybridized carbons (Fsp3) is 0.615. The Labute approximate surface area is 129 Å². The minimum Gasteiger partial charge on any atom is -0.463 e. The number of aryl methyl sites for hydroxylation is 1. The van der Waals surface area contributed by atoms with E-state index in [4.69, 9.17) is 9.15 Å². The third kappa shape index (κ3) is 4.07. The lowest BCUT2D eigenvalue weighted by molar-refractivity contribution is 0.0390. The smallest absolute Gasteiger partial charge is 0.373 e. The second-order valence-electron chi connectivity index (χ2n) is 4.87. The maximum absolute atomic E-state index is 12.3. The molecule has 0 bridgehead atoms. The number of rotatable bonds is 6. The second kappa shape index (κ2) is 7.23. The van der Waals surface area contributed by atoms with Crippen molar-refractivity contribution >= 4 is 16.0 Å². The van der Waals surface area contributed by atoms with Gasteiger partial charge >= 0.3 is 5.97 Å². The third-order valence-electron chi connectivity index (χ3n) is 3.37. The van der Waals surface area contributed by atoms with Gasteiger partial charge in [0.25, 0.3) is 0 Å². The first-order chi connectivity index (χ1) is 10.4. The van der Waals surface area contributed by atoms with Gasteiger partial charge in [-0.2, -0.15) is 0 Å². The minimum absolute atomic E-state index is 0.0464. The van der Waals surface area contributed by atoms with E-state index in [0.29, 0.717) is 19.8 Å². The number of hydrogen-bond acceptors (Lipinski definition) is 7. The van der Waals surface area contributed by atoms with Crippen molar-refractivity contribution in [3.63, 3.8) is 0 Å². The summed E-state index contributed by atoms with van der Waals surface area (Å²) < 4.78 is 41.9. The summed E-state index contributed by atoms with van der Waals surface area (Å²) in [7, 11) is -2.52. The van der Waals surface area contributed by atoms with Crippen LogP contribution in [0.2, 0.25) is 0 Å². The second-order valence-corrected chi connectivity index (χ2v) is 6.61. The molecule has 0 spiro atoms. The summed E-state index contributed by atoms with van der Waals surface area (Å²) in [5.41, 5.74) is 0. The van der Waals surface area contributed by atoms with Crippen molar-refractivity contribution in [2.45, 2.75) is 11.8 Å². The Bertz CT molecular complexity index is 618. The van der Waals surface area contributed by atoms with Crippen LogP contribution in [-0.4, -0.2) is 65.8 Å². The molecule has 1 N–H and O–H groups in total. The van der Waals surface area contributed by atoms with Gasteiger partial charge in [0.15, 0.2) is 0 Å². The van der Waals surface area contributed by atoms with Crippen molar-refractivity contribution in [1.29, 1.82) is 0 Å². The largest absolute Gasteiger partial charge is 0.463 e. The number of hydrogen-bond donors (Lipinski definition) is 1. The van der Waals surface area contributed by atoms with Gasteiger partial charge in [-0.05, 0) is 6.92 Å². The molecule has 1 aliphatic heterocycles. The van der Waals surface area contributed by atoms with E-state index in [1.54, 1.807) is 0 Å². The standard InChI is InChI=1S/C13H20N2O6S/c1-10-12(9-11(21-10)13(16)19-2)22(17,18)14-3-4-15-5-7-20-8-6-15/h9,14H,3-8H2,1-2H3. The van der Waals surface area contributed by atoms with Crippen molar-refractivity contribution in [1.82, 2.24) is 9.62 Å². The molecule has 1 aromatic heterocycles. The van der Waals surface area contributed by atoms with Crippen molar-refractivity contribution in [2.75, 3.05) is 46.5 Å². The number of furan rings is 1. The van der Waals surface area contributed by atoms with Crippen molar-refractivity contribution < 1.29 is 27.1 Å². The number of esters is 1. The van der Waals surface area contributed by atoms with E-state index in [0.717, 1.165) is 13.1 Å². The number of carbonyl (C=O) groups is 1. The van der Waals surface area contributed by atoms with Crippen LogP contribution in [0.15, 0.2) is 15.4 Å². The molecule has 0 unspecified atom stereocenters. The third-order valence-corrected chi connectivity index (χ3v) is 4.94. The Balaban J connectivity index is 1.97. The van der Waals surface area contributed by atoms with Crippen LogP contribution in [-0.2, 0) is 19.5 Å². The van der Waals surface area contributed by atoms with E-state index in [1.807, 2.05) is 0 Å². The maximum Gasteiger partial charge on any atom is 0.373 e. The lowest BCUT2D eigenvalue weighted by Gasteiger charge is -2.26. The molecular formula is C13H20N2O6S. The molecule has 0 aromatic carbocycles. The number of methoxy groups -OCH3 is 1. The fourth-order valence-electron chi connectivity index (χ4n) is 2.17. The zero-order valence-electron chi connectivity index (χ0n) is 12.6. The summed E-state index contributed by atoms with van der Waals surface area (Å²) in [4.78, 5) is 13.4. The highest BCUT2D eigenvalue weighted by Gasteiger charge is 2.24. The molecule has 1 fully saturated rings. The van der Waals surface area contributed by atoms with Gasteiger partial charge in [-0.1, -0.05) is 0 Å². The number of ether oxygens (including phenoxy) is 2. The van der Waals surface area contributed by atoms with Gasteiger partial charge in [0.1, 0.15) is 10.7 Å². The van der Waals surface area contributed by atoms with Crippen molar-refractivity contribution in [3.8, 4) is 0 Å². The molecule has 2 rings (SSSR count). The first-order valence-corrected chi connectivity index (χ1v) is 8.41. The van der Waals surface area contributed by atoms with Crippen LogP contribution in [0.4, 0.5) is 0 Å². The quantitative estimate of drug-likeness (QED) is 0.731. The van der Waals surface area contributed by atoms with Gasteiger partial charge in [0.05, 0.1) is 20.3 Å². The summed E-state index contributed by atoms with van der Waals surface area (Å²) in [6, 6.07) is 1.18.